The number of carbonyl (C=O) groups excluding carboxylic acids is 2. The molecule has 0 unspecified atom stereocenters. The lowest BCUT2D eigenvalue weighted by atomic mass is 10.1. The molecule has 0 fully saturated rings. The Kier molecular flexibility index (Phi) is 7.70. The minimum Gasteiger partial charge on any atom is -0.452 e. The van der Waals surface area contributed by atoms with Crippen molar-refractivity contribution < 1.29 is 14.3 Å². The van der Waals surface area contributed by atoms with E-state index in [0.717, 1.165) is 16.7 Å². The van der Waals surface area contributed by atoms with E-state index in [1.54, 1.807) is 23.4 Å². The molecule has 0 saturated heterocycles. The quantitative estimate of drug-likeness (QED) is 0.393. The first-order valence-electron chi connectivity index (χ1n) is 10.2. The van der Waals surface area contributed by atoms with Gasteiger partial charge in [0.1, 0.15) is 5.69 Å². The summed E-state index contributed by atoms with van der Waals surface area (Å²) in [4.78, 5) is 29.9. The number of carbonyl (C=O) groups is 2. The smallest absolute Gasteiger partial charge is 0.331 e. The number of ether oxygens (including phenoxy) is 1. The molecule has 1 aromatic carbocycles. The number of benzene rings is 1. The molecule has 0 radical (unpaired) electrons. The fraction of sp³-hybridized carbons (Fsp3) is 0.250. The normalized spacial score (nSPS) is 10.9. The molecule has 7 heteroatoms. The lowest BCUT2D eigenvalue weighted by Gasteiger charge is -2.17. The standard InChI is InChI=1S/C24H26N4O3/c1-3-27(4-2)22(29)18-31-23(30)13-12-21-17-28(16-19-9-6-5-7-10-19)26-24(21)20-11-8-14-25-15-20/h5-15,17H,3-4,16,18H2,1-2H3/b13-12+. The van der Waals surface area contributed by atoms with Gasteiger partial charge in [-0.2, -0.15) is 5.10 Å². The van der Waals surface area contributed by atoms with Crippen molar-refractivity contribution in [2.75, 3.05) is 19.7 Å². The molecule has 0 N–H and O–H groups in total. The van der Waals surface area contributed by atoms with Crippen LogP contribution in [-0.2, 0) is 20.9 Å². The molecule has 2 heterocycles. The molecule has 0 spiro atoms. The second kappa shape index (κ2) is 10.9. The Morgan fingerprint density at radius 1 is 1.10 bits per heavy atom. The molecule has 7 nitrogen and oxygen atoms in total. The van der Waals surface area contributed by atoms with Gasteiger partial charge in [-0.25, -0.2) is 4.79 Å². The number of pyridine rings is 1. The molecule has 31 heavy (non-hydrogen) atoms. The van der Waals surface area contributed by atoms with Crippen molar-refractivity contribution in [3.05, 3.63) is 78.3 Å². The van der Waals surface area contributed by atoms with Crippen molar-refractivity contribution in [3.8, 4) is 11.3 Å². The maximum atomic E-state index is 12.1. The summed E-state index contributed by atoms with van der Waals surface area (Å²) in [7, 11) is 0. The number of hydrogen-bond donors (Lipinski definition) is 0. The van der Waals surface area contributed by atoms with Crippen LogP contribution >= 0.6 is 0 Å². The largest absolute Gasteiger partial charge is 0.452 e. The number of aromatic nitrogens is 3. The Labute approximate surface area is 182 Å². The van der Waals surface area contributed by atoms with Crippen LogP contribution in [0.5, 0.6) is 0 Å². The van der Waals surface area contributed by atoms with Gasteiger partial charge in [0.2, 0.25) is 0 Å². The van der Waals surface area contributed by atoms with Gasteiger partial charge in [0.05, 0.1) is 6.54 Å². The van der Waals surface area contributed by atoms with Crippen molar-refractivity contribution >= 4 is 18.0 Å². The second-order valence-corrected chi connectivity index (χ2v) is 6.86. The van der Waals surface area contributed by atoms with Crippen molar-refractivity contribution in [1.29, 1.82) is 0 Å². The number of esters is 1. The lowest BCUT2D eigenvalue weighted by Crippen LogP contribution is -2.34. The molecule has 1 amide bonds. The third-order valence-electron chi connectivity index (χ3n) is 4.77. The third-order valence-corrected chi connectivity index (χ3v) is 4.77. The highest BCUT2D eigenvalue weighted by atomic mass is 16.5. The number of rotatable bonds is 9. The molecular formula is C24H26N4O3. The summed E-state index contributed by atoms with van der Waals surface area (Å²) in [6.07, 6.45) is 8.28. The fourth-order valence-corrected chi connectivity index (χ4v) is 3.14. The fourth-order valence-electron chi connectivity index (χ4n) is 3.14. The van der Waals surface area contributed by atoms with Crippen LogP contribution in [0.2, 0.25) is 0 Å². The van der Waals surface area contributed by atoms with Crippen LogP contribution in [0.25, 0.3) is 17.3 Å². The molecular weight excluding hydrogens is 392 g/mol. The van der Waals surface area contributed by atoms with Gasteiger partial charge in [0, 0.05) is 48.9 Å². The van der Waals surface area contributed by atoms with Gasteiger partial charge in [-0.3, -0.25) is 14.5 Å². The minimum atomic E-state index is -0.576. The Morgan fingerprint density at radius 3 is 2.55 bits per heavy atom. The van der Waals surface area contributed by atoms with E-state index in [2.05, 4.69) is 10.1 Å². The summed E-state index contributed by atoms with van der Waals surface area (Å²) < 4.78 is 6.93. The van der Waals surface area contributed by atoms with Crippen LogP contribution in [0.15, 0.2) is 67.1 Å². The first kappa shape index (κ1) is 22.0. The van der Waals surface area contributed by atoms with Crippen LogP contribution in [0.4, 0.5) is 0 Å². The molecule has 2 aromatic heterocycles. The predicted octanol–water partition coefficient (Wildman–Crippen LogP) is 3.42. The summed E-state index contributed by atoms with van der Waals surface area (Å²) in [6, 6.07) is 13.8. The van der Waals surface area contributed by atoms with E-state index in [9.17, 15) is 9.59 Å². The van der Waals surface area contributed by atoms with Gasteiger partial charge in [-0.15, -0.1) is 0 Å². The van der Waals surface area contributed by atoms with Gasteiger partial charge in [0.15, 0.2) is 6.61 Å². The summed E-state index contributed by atoms with van der Waals surface area (Å²) in [6.45, 7) is 5.26. The van der Waals surface area contributed by atoms with Gasteiger partial charge in [-0.1, -0.05) is 30.3 Å². The van der Waals surface area contributed by atoms with Gasteiger partial charge in [-0.05, 0) is 37.6 Å². The van der Waals surface area contributed by atoms with Gasteiger partial charge in [0.25, 0.3) is 5.91 Å². The maximum absolute atomic E-state index is 12.1. The van der Waals surface area contributed by atoms with E-state index < -0.39 is 5.97 Å². The molecule has 3 rings (SSSR count). The molecule has 0 atom stereocenters. The number of amides is 1. The van der Waals surface area contributed by atoms with E-state index in [1.807, 2.05) is 67.2 Å². The van der Waals surface area contributed by atoms with Gasteiger partial charge >= 0.3 is 5.97 Å². The summed E-state index contributed by atoms with van der Waals surface area (Å²) in [5.74, 6) is -0.785. The van der Waals surface area contributed by atoms with Gasteiger partial charge < -0.3 is 9.64 Å². The Bertz CT molecular complexity index is 1030. The molecule has 0 saturated carbocycles. The Morgan fingerprint density at radius 2 is 1.87 bits per heavy atom. The molecule has 0 aliphatic carbocycles. The average Bonchev–Trinajstić information content (AvgIpc) is 3.21. The Hall–Kier alpha value is -3.74. The molecule has 3 aromatic rings. The zero-order valence-corrected chi connectivity index (χ0v) is 17.8. The lowest BCUT2D eigenvalue weighted by molar-refractivity contribution is -0.147. The van der Waals surface area contributed by atoms with Crippen LogP contribution in [-0.4, -0.2) is 51.2 Å². The van der Waals surface area contributed by atoms with E-state index in [1.165, 1.54) is 6.08 Å². The summed E-state index contributed by atoms with van der Waals surface area (Å²) >= 11 is 0. The third kappa shape index (κ3) is 6.12. The highest BCUT2D eigenvalue weighted by Gasteiger charge is 2.13. The topological polar surface area (TPSA) is 77.3 Å². The highest BCUT2D eigenvalue weighted by Crippen LogP contribution is 2.23. The van der Waals surface area contributed by atoms with Crippen molar-refractivity contribution in [2.45, 2.75) is 20.4 Å². The van der Waals surface area contributed by atoms with E-state index in [-0.39, 0.29) is 12.5 Å². The van der Waals surface area contributed by atoms with Crippen LogP contribution in [0.1, 0.15) is 25.0 Å². The second-order valence-electron chi connectivity index (χ2n) is 6.86. The first-order valence-corrected chi connectivity index (χ1v) is 10.2. The highest BCUT2D eigenvalue weighted by molar-refractivity contribution is 5.90. The van der Waals surface area contributed by atoms with Crippen LogP contribution < -0.4 is 0 Å². The Balaban J connectivity index is 1.75. The van der Waals surface area contributed by atoms with Crippen molar-refractivity contribution in [2.24, 2.45) is 0 Å². The summed E-state index contributed by atoms with van der Waals surface area (Å²) in [5.41, 5.74) is 3.44. The maximum Gasteiger partial charge on any atom is 0.331 e. The van der Waals surface area contributed by atoms with Crippen LogP contribution in [0, 0.1) is 0 Å². The molecule has 0 aliphatic heterocycles. The predicted molar refractivity (Wildman–Crippen MR) is 119 cm³/mol. The zero-order valence-electron chi connectivity index (χ0n) is 17.8. The SMILES string of the molecule is CCN(CC)C(=O)COC(=O)/C=C/c1cn(Cc2ccccc2)nc1-c1cccnc1. The monoisotopic (exact) mass is 418 g/mol. The number of likely N-dealkylation sites (N-methyl/N-ethyl adjacent to an activating group) is 1. The molecule has 160 valence electrons. The summed E-state index contributed by atoms with van der Waals surface area (Å²) in [5, 5.41) is 4.69. The molecule has 0 aliphatic rings. The first-order chi connectivity index (χ1) is 15.1. The zero-order chi connectivity index (χ0) is 22.1. The average molecular weight is 418 g/mol. The van der Waals surface area contributed by atoms with Crippen molar-refractivity contribution in [1.82, 2.24) is 19.7 Å². The molecule has 0 bridgehead atoms. The van der Waals surface area contributed by atoms with Crippen LogP contribution in [0.3, 0.4) is 0 Å². The number of hydrogen-bond acceptors (Lipinski definition) is 5. The van der Waals surface area contributed by atoms with E-state index in [0.29, 0.717) is 25.3 Å². The van der Waals surface area contributed by atoms with E-state index in [4.69, 9.17) is 4.74 Å². The minimum absolute atomic E-state index is 0.210. The van der Waals surface area contributed by atoms with E-state index >= 15 is 0 Å². The van der Waals surface area contributed by atoms with Crippen molar-refractivity contribution in [3.63, 3.8) is 0 Å². The number of nitrogens with zero attached hydrogens (tertiary/aromatic N) is 4.